The molecule has 0 radical (unpaired) electrons. The first-order valence-electron chi connectivity index (χ1n) is 8.26. The standard InChI is InChI=1S/C15H20N4O8/c1-6(2)9(16)13(20)24-5-7-10-11(27-15(22)26-10)12(25-7)19-4-3-8(18-23)17-14(19)21/h3-4,6-7,9-12,23H,5,16H2,1-2H3,(H,17,18,21)/t7-,9+,10-,11-,12-/m1/s1. The number of hydrogen-bond acceptors (Lipinski definition) is 11. The smallest absolute Gasteiger partial charge is 0.462 e. The number of fused-ring (bicyclic) bond motifs is 1. The fraction of sp³-hybridized carbons (Fsp3) is 0.600. The second-order valence-electron chi connectivity index (χ2n) is 6.49. The fourth-order valence-electron chi connectivity index (χ4n) is 2.79. The number of carbonyl (C=O) groups excluding carboxylic acids is 2. The molecule has 0 unspecified atom stereocenters. The average Bonchev–Trinajstić information content (AvgIpc) is 3.16. The summed E-state index contributed by atoms with van der Waals surface area (Å²) >= 11 is 0. The summed E-state index contributed by atoms with van der Waals surface area (Å²) in [4.78, 5) is 39.2. The number of carbonyl (C=O) groups is 2. The molecule has 3 rings (SSSR count). The van der Waals surface area contributed by atoms with E-state index in [1.807, 2.05) is 0 Å². The first-order valence-corrected chi connectivity index (χ1v) is 8.26. The van der Waals surface area contributed by atoms with Crippen LogP contribution in [-0.2, 0) is 23.7 Å². The predicted octanol–water partition coefficient (Wildman–Crippen LogP) is -0.628. The molecule has 0 aliphatic carbocycles. The first-order chi connectivity index (χ1) is 12.8. The Morgan fingerprint density at radius 2 is 2.11 bits per heavy atom. The van der Waals surface area contributed by atoms with Crippen LogP contribution in [0.4, 0.5) is 10.6 Å². The van der Waals surface area contributed by atoms with E-state index < -0.39 is 48.4 Å². The van der Waals surface area contributed by atoms with E-state index in [1.165, 1.54) is 12.3 Å². The highest BCUT2D eigenvalue weighted by Crippen LogP contribution is 2.37. The van der Waals surface area contributed by atoms with Gasteiger partial charge in [-0.3, -0.25) is 20.0 Å². The van der Waals surface area contributed by atoms with Crippen molar-refractivity contribution in [3.8, 4) is 0 Å². The number of nitrogens with zero attached hydrogens (tertiary/aromatic N) is 2. The minimum Gasteiger partial charge on any atom is -0.462 e. The monoisotopic (exact) mass is 384 g/mol. The predicted molar refractivity (Wildman–Crippen MR) is 86.7 cm³/mol. The van der Waals surface area contributed by atoms with Gasteiger partial charge in [-0.1, -0.05) is 13.8 Å². The number of anilines is 1. The highest BCUT2D eigenvalue weighted by atomic mass is 16.8. The Morgan fingerprint density at radius 3 is 2.74 bits per heavy atom. The van der Waals surface area contributed by atoms with Crippen molar-refractivity contribution < 1.29 is 33.7 Å². The molecule has 5 atom stereocenters. The number of nitrogens with two attached hydrogens (primary N) is 1. The molecule has 27 heavy (non-hydrogen) atoms. The maximum atomic E-state index is 12.1. The number of ether oxygens (including phenoxy) is 4. The normalized spacial score (nSPS) is 27.7. The molecule has 0 spiro atoms. The molecule has 1 aromatic heterocycles. The number of aromatic nitrogens is 2. The third kappa shape index (κ3) is 3.72. The van der Waals surface area contributed by atoms with Crippen molar-refractivity contribution in [1.82, 2.24) is 9.55 Å². The zero-order valence-electron chi connectivity index (χ0n) is 14.6. The molecule has 0 aromatic carbocycles. The molecule has 148 valence electrons. The Labute approximate surface area is 153 Å². The molecule has 12 nitrogen and oxygen atoms in total. The van der Waals surface area contributed by atoms with Crippen LogP contribution in [0.15, 0.2) is 17.1 Å². The van der Waals surface area contributed by atoms with Gasteiger partial charge in [-0.05, 0) is 12.0 Å². The number of nitrogens with one attached hydrogen (secondary N) is 1. The van der Waals surface area contributed by atoms with Crippen LogP contribution in [0.25, 0.3) is 0 Å². The quantitative estimate of drug-likeness (QED) is 0.422. The largest absolute Gasteiger partial charge is 0.509 e. The van der Waals surface area contributed by atoms with Gasteiger partial charge in [0.15, 0.2) is 24.3 Å². The van der Waals surface area contributed by atoms with E-state index in [-0.39, 0.29) is 18.3 Å². The third-order valence-corrected chi connectivity index (χ3v) is 4.35. The van der Waals surface area contributed by atoms with Crippen molar-refractivity contribution in [2.24, 2.45) is 11.7 Å². The number of rotatable bonds is 6. The minimum atomic E-state index is -1.03. The zero-order valence-corrected chi connectivity index (χ0v) is 14.6. The van der Waals surface area contributed by atoms with Crippen LogP contribution in [0.5, 0.6) is 0 Å². The number of esters is 1. The molecule has 2 fully saturated rings. The summed E-state index contributed by atoms with van der Waals surface area (Å²) in [6.45, 7) is 3.33. The highest BCUT2D eigenvalue weighted by Gasteiger charge is 2.55. The van der Waals surface area contributed by atoms with Crippen molar-refractivity contribution >= 4 is 17.9 Å². The summed E-state index contributed by atoms with van der Waals surface area (Å²) in [5.74, 6) is -0.784. The van der Waals surface area contributed by atoms with Gasteiger partial charge in [-0.15, -0.1) is 0 Å². The van der Waals surface area contributed by atoms with Crippen LogP contribution < -0.4 is 16.9 Å². The van der Waals surface area contributed by atoms with Gasteiger partial charge in [0, 0.05) is 6.20 Å². The van der Waals surface area contributed by atoms with Crippen molar-refractivity contribution in [3.63, 3.8) is 0 Å². The van der Waals surface area contributed by atoms with Gasteiger partial charge in [0.25, 0.3) is 0 Å². The summed E-state index contributed by atoms with van der Waals surface area (Å²) in [5.41, 5.74) is 6.74. The Bertz CT molecular complexity index is 781. The lowest BCUT2D eigenvalue weighted by molar-refractivity contribution is -0.153. The van der Waals surface area contributed by atoms with E-state index in [0.29, 0.717) is 0 Å². The van der Waals surface area contributed by atoms with E-state index in [1.54, 1.807) is 19.3 Å². The lowest BCUT2D eigenvalue weighted by Crippen LogP contribution is -2.40. The van der Waals surface area contributed by atoms with E-state index >= 15 is 0 Å². The van der Waals surface area contributed by atoms with E-state index in [0.717, 1.165) is 4.57 Å². The molecule has 0 saturated carbocycles. The van der Waals surface area contributed by atoms with Crippen molar-refractivity contribution in [2.45, 2.75) is 44.4 Å². The topological polar surface area (TPSA) is 164 Å². The molecule has 2 aliphatic rings. The Hall–Kier alpha value is -2.70. The van der Waals surface area contributed by atoms with Crippen LogP contribution in [0.2, 0.25) is 0 Å². The maximum Gasteiger partial charge on any atom is 0.509 e. The van der Waals surface area contributed by atoms with Gasteiger partial charge in [0.2, 0.25) is 0 Å². The number of hydrogen-bond donors (Lipinski definition) is 3. The van der Waals surface area contributed by atoms with Crippen LogP contribution >= 0.6 is 0 Å². The van der Waals surface area contributed by atoms with Gasteiger partial charge < -0.3 is 24.7 Å². The van der Waals surface area contributed by atoms with Gasteiger partial charge >= 0.3 is 17.8 Å². The molecule has 1 aromatic rings. The Balaban J connectivity index is 1.75. The second-order valence-corrected chi connectivity index (χ2v) is 6.49. The van der Waals surface area contributed by atoms with E-state index in [9.17, 15) is 14.4 Å². The minimum absolute atomic E-state index is 0.0568. The van der Waals surface area contributed by atoms with Crippen LogP contribution in [0.1, 0.15) is 20.1 Å². The Morgan fingerprint density at radius 1 is 1.41 bits per heavy atom. The summed E-state index contributed by atoms with van der Waals surface area (Å²) in [6.07, 6.45) is -3.28. The molecule has 0 amide bonds. The lowest BCUT2D eigenvalue weighted by Gasteiger charge is -2.19. The molecule has 3 heterocycles. The Kier molecular flexibility index (Phi) is 5.30. The summed E-state index contributed by atoms with van der Waals surface area (Å²) in [7, 11) is 0. The van der Waals surface area contributed by atoms with Gasteiger partial charge in [-0.2, -0.15) is 4.98 Å². The van der Waals surface area contributed by atoms with E-state index in [2.05, 4.69) is 4.98 Å². The molecule has 4 N–H and O–H groups in total. The molecule has 2 aliphatic heterocycles. The highest BCUT2D eigenvalue weighted by molar-refractivity contribution is 5.75. The summed E-state index contributed by atoms with van der Waals surface area (Å²) in [6, 6.07) is 0.526. The molecule has 12 heteroatoms. The van der Waals surface area contributed by atoms with Crippen molar-refractivity contribution in [1.29, 1.82) is 0 Å². The SMILES string of the molecule is CC(C)[C@H](N)C(=O)OC[C@H]1O[C@@H](n2ccc(NO)nc2=O)[C@@H]2OC(=O)O[C@@H]21. The van der Waals surface area contributed by atoms with Crippen LogP contribution in [0.3, 0.4) is 0 Å². The van der Waals surface area contributed by atoms with Crippen LogP contribution in [0, 0.1) is 5.92 Å². The third-order valence-electron chi connectivity index (χ3n) is 4.35. The van der Waals surface area contributed by atoms with Gasteiger partial charge in [-0.25, -0.2) is 9.59 Å². The maximum absolute atomic E-state index is 12.1. The van der Waals surface area contributed by atoms with Crippen molar-refractivity contribution in [3.05, 3.63) is 22.7 Å². The van der Waals surface area contributed by atoms with Gasteiger partial charge in [0.05, 0.1) is 0 Å². The van der Waals surface area contributed by atoms with Crippen molar-refractivity contribution in [2.75, 3.05) is 12.1 Å². The summed E-state index contributed by atoms with van der Waals surface area (Å²) < 4.78 is 22.1. The lowest BCUT2D eigenvalue weighted by atomic mass is 10.1. The molecule has 2 saturated heterocycles. The average molecular weight is 384 g/mol. The molecular weight excluding hydrogens is 364 g/mol. The second kappa shape index (κ2) is 7.50. The summed E-state index contributed by atoms with van der Waals surface area (Å²) in [5, 5.41) is 8.81. The van der Waals surface area contributed by atoms with Crippen LogP contribution in [-0.4, -0.2) is 57.8 Å². The fourth-order valence-corrected chi connectivity index (χ4v) is 2.79. The van der Waals surface area contributed by atoms with Gasteiger partial charge in [0.1, 0.15) is 18.8 Å². The first kappa shape index (κ1) is 19.1. The zero-order chi connectivity index (χ0) is 19.7. The van der Waals surface area contributed by atoms with E-state index in [4.69, 9.17) is 29.9 Å². The molecular formula is C15H20N4O8. The molecule has 0 bridgehead atoms.